The van der Waals surface area contributed by atoms with Crippen molar-refractivity contribution in [3.63, 3.8) is 0 Å². The number of rotatable bonds is 2. The van der Waals surface area contributed by atoms with Crippen LogP contribution in [0.1, 0.15) is 22.3 Å². The first-order valence-electron chi connectivity index (χ1n) is 13.0. The van der Waals surface area contributed by atoms with Gasteiger partial charge in [0.1, 0.15) is 0 Å². The second-order valence-electron chi connectivity index (χ2n) is 9.47. The number of hydrogen-bond acceptors (Lipinski definition) is 0. The molecule has 0 nitrogen and oxygen atoms in total. The molecule has 0 amide bonds. The van der Waals surface area contributed by atoms with Gasteiger partial charge in [-0.15, -0.1) is 80.3 Å². The molecule has 7 aromatic rings. The molecule has 0 radical (unpaired) electrons. The summed E-state index contributed by atoms with van der Waals surface area (Å²) in [5, 5.41) is 8.15. The fourth-order valence-corrected chi connectivity index (χ4v) is 5.62. The predicted molar refractivity (Wildman–Crippen MR) is 162 cm³/mol. The van der Waals surface area contributed by atoms with Crippen LogP contribution in [0, 0.1) is 13.8 Å². The van der Waals surface area contributed by atoms with Gasteiger partial charge >= 0.3 is 99.2 Å². The summed E-state index contributed by atoms with van der Waals surface area (Å²) in [4.78, 5) is 0. The Morgan fingerprint density at radius 2 is 0.816 bits per heavy atom. The van der Waals surface area contributed by atoms with Crippen LogP contribution in [0.3, 0.4) is 0 Å². The van der Waals surface area contributed by atoms with Crippen molar-refractivity contribution in [1.29, 1.82) is 0 Å². The average molecular weight is 566 g/mol. The molecule has 0 saturated carbocycles. The SMILES string of the molecule is Cc1[cH-]c2ccccc2c1C.[Zr+2]=[C](c1ccccc1)c1ccccc1.c1ccc2c(c1)[cH-]c1ccccc12. The molecule has 0 aliphatic carbocycles. The van der Waals surface area contributed by atoms with Crippen molar-refractivity contribution in [1.82, 2.24) is 0 Å². The van der Waals surface area contributed by atoms with E-state index in [1.165, 1.54) is 82.0 Å². The zero-order valence-corrected chi connectivity index (χ0v) is 24.3. The maximum Gasteiger partial charge on any atom is -0.0771 e. The Morgan fingerprint density at radius 3 is 1.26 bits per heavy atom. The molecule has 0 atom stereocenters. The van der Waals surface area contributed by atoms with Crippen LogP contribution in [0.15, 0.2) is 146 Å². The molecule has 0 fully saturated rings. The molecule has 0 aliphatic heterocycles. The second-order valence-corrected chi connectivity index (χ2v) is 10.7. The van der Waals surface area contributed by atoms with Crippen LogP contribution in [0.4, 0.5) is 0 Å². The Morgan fingerprint density at radius 1 is 0.447 bits per heavy atom. The van der Waals surface area contributed by atoms with Crippen molar-refractivity contribution >= 4 is 35.5 Å². The molecule has 0 unspecified atom stereocenters. The molecular formula is C37H30Zr. The number of benzene rings is 5. The Balaban J connectivity index is 0.000000117. The molecule has 0 saturated heterocycles. The van der Waals surface area contributed by atoms with E-state index >= 15 is 0 Å². The summed E-state index contributed by atoms with van der Waals surface area (Å²) in [6.45, 7) is 4.34. The van der Waals surface area contributed by atoms with Crippen LogP contribution in [0.25, 0.3) is 32.3 Å². The molecule has 182 valence electrons. The molecule has 0 bridgehead atoms. The van der Waals surface area contributed by atoms with Gasteiger partial charge in [0.05, 0.1) is 0 Å². The maximum absolute atomic E-state index is 2.24. The van der Waals surface area contributed by atoms with Gasteiger partial charge in [-0.1, -0.05) is 56.3 Å². The number of aryl methyl sites for hydroxylation is 2. The molecule has 38 heavy (non-hydrogen) atoms. The van der Waals surface area contributed by atoms with Crippen molar-refractivity contribution in [3.05, 3.63) is 168 Å². The summed E-state index contributed by atoms with van der Waals surface area (Å²) >= 11 is 1.46. The van der Waals surface area contributed by atoms with Crippen LogP contribution >= 0.6 is 0 Å². The van der Waals surface area contributed by atoms with Crippen LogP contribution in [0.2, 0.25) is 0 Å². The second kappa shape index (κ2) is 12.3. The van der Waals surface area contributed by atoms with Gasteiger partial charge in [-0.05, 0) is 0 Å². The zero-order valence-electron chi connectivity index (χ0n) is 21.9. The minimum absolute atomic E-state index is 1.33. The van der Waals surface area contributed by atoms with E-state index in [1.807, 2.05) is 0 Å². The molecule has 7 rings (SSSR count). The number of fused-ring (bicyclic) bond motifs is 4. The minimum atomic E-state index is 1.33. The largest absolute Gasteiger partial charge is 0.126 e. The van der Waals surface area contributed by atoms with Gasteiger partial charge in [-0.25, -0.2) is 0 Å². The van der Waals surface area contributed by atoms with Gasteiger partial charge in [0, 0.05) is 0 Å². The van der Waals surface area contributed by atoms with Crippen molar-refractivity contribution in [2.75, 3.05) is 0 Å². The van der Waals surface area contributed by atoms with E-state index in [4.69, 9.17) is 0 Å². The van der Waals surface area contributed by atoms with E-state index < -0.39 is 0 Å². The fourth-order valence-electron chi connectivity index (χ4n) is 4.80. The van der Waals surface area contributed by atoms with E-state index in [0.717, 1.165) is 0 Å². The van der Waals surface area contributed by atoms with Gasteiger partial charge in [-0.2, -0.15) is 5.56 Å². The third kappa shape index (κ3) is 5.90. The topological polar surface area (TPSA) is 0 Å². The van der Waals surface area contributed by atoms with Crippen LogP contribution in [-0.2, 0) is 24.2 Å². The van der Waals surface area contributed by atoms with E-state index in [9.17, 15) is 0 Å². The summed E-state index contributed by atoms with van der Waals surface area (Å²) in [5.74, 6) is 0. The zero-order chi connectivity index (χ0) is 26.3. The van der Waals surface area contributed by atoms with Crippen LogP contribution < -0.4 is 0 Å². The molecule has 7 aromatic carbocycles. The van der Waals surface area contributed by atoms with Gasteiger partial charge in [-0.3, -0.25) is 0 Å². The molecule has 0 aliphatic rings. The predicted octanol–water partition coefficient (Wildman–Crippen LogP) is 9.69. The van der Waals surface area contributed by atoms with Crippen molar-refractivity contribution in [2.45, 2.75) is 13.8 Å². The van der Waals surface area contributed by atoms with E-state index in [0.29, 0.717) is 0 Å². The summed E-state index contributed by atoms with van der Waals surface area (Å²) in [5.41, 5.74) is 5.47. The molecule has 1 heteroatoms. The first-order chi connectivity index (χ1) is 18.6. The fraction of sp³-hybridized carbons (Fsp3) is 0.0541. The Hall–Kier alpha value is -3.67. The molecule has 0 spiro atoms. The van der Waals surface area contributed by atoms with E-state index in [1.54, 1.807) is 0 Å². The van der Waals surface area contributed by atoms with Crippen molar-refractivity contribution in [3.8, 4) is 0 Å². The third-order valence-electron chi connectivity index (χ3n) is 6.98. The van der Waals surface area contributed by atoms with Gasteiger partial charge in [0.15, 0.2) is 0 Å². The average Bonchev–Trinajstić information content (AvgIpc) is 3.51. The van der Waals surface area contributed by atoms with Gasteiger partial charge in [0.2, 0.25) is 0 Å². The normalized spacial score (nSPS) is 10.5. The van der Waals surface area contributed by atoms with Crippen LogP contribution in [-0.4, -0.2) is 3.21 Å². The monoisotopic (exact) mass is 564 g/mol. The standard InChI is InChI=1S/C13H9.C13H10.C11H11.Zr/c1-3-7-12-10(5-1)9-11-6-2-4-8-13(11)12;1-3-7-12(8-4-1)11-13-9-5-2-6-10-13;1-8-7-10-5-3-4-6-11(10)9(8)2;/h1-9H;1-10H;3-7H,1-2H3;/q-1;;-1;+2. The smallest absolute Gasteiger partial charge is 0.0771 e. The molecule has 0 heterocycles. The van der Waals surface area contributed by atoms with Crippen molar-refractivity contribution in [2.24, 2.45) is 0 Å². The maximum atomic E-state index is 2.24. The van der Waals surface area contributed by atoms with Crippen LogP contribution in [0.5, 0.6) is 0 Å². The summed E-state index contributed by atoms with van der Waals surface area (Å²) in [6, 6.07) is 51.1. The van der Waals surface area contributed by atoms with Gasteiger partial charge < -0.3 is 0 Å². The van der Waals surface area contributed by atoms with Gasteiger partial charge in [0.25, 0.3) is 0 Å². The first kappa shape index (κ1) is 26.0. The Kier molecular flexibility index (Phi) is 8.37. The quantitative estimate of drug-likeness (QED) is 0.183. The third-order valence-corrected chi connectivity index (χ3v) is 8.40. The van der Waals surface area contributed by atoms with E-state index in [-0.39, 0.29) is 0 Å². The number of hydrogen-bond donors (Lipinski definition) is 0. The summed E-state index contributed by atoms with van der Waals surface area (Å²) in [6.07, 6.45) is 0. The minimum Gasteiger partial charge on any atom is -0.126 e. The molecule has 0 N–H and O–H groups in total. The molecule has 0 aromatic heterocycles. The first-order valence-corrected chi connectivity index (χ1v) is 14.2. The summed E-state index contributed by atoms with van der Waals surface area (Å²) < 4.78 is 1.42. The van der Waals surface area contributed by atoms with E-state index in [2.05, 4.69) is 159 Å². The Bertz CT molecular complexity index is 1690. The molecular weight excluding hydrogens is 536 g/mol. The van der Waals surface area contributed by atoms with Crippen molar-refractivity contribution < 1.29 is 24.2 Å². The summed E-state index contributed by atoms with van der Waals surface area (Å²) in [7, 11) is 0. The Labute approximate surface area is 240 Å².